The predicted octanol–water partition coefficient (Wildman–Crippen LogP) is -2.53. The predicted molar refractivity (Wildman–Crippen MR) is 39.2 cm³/mol. The van der Waals surface area contributed by atoms with Crippen LogP contribution in [0.4, 0.5) is 0 Å². The molecule has 10 heavy (non-hydrogen) atoms. The maximum atomic E-state index is 8.65. The van der Waals surface area contributed by atoms with Gasteiger partial charge in [-0.05, 0) is 13.8 Å². The molecule has 0 amide bonds. The lowest BCUT2D eigenvalue weighted by Gasteiger charge is -2.31. The molecule has 2 nitrogen and oxygen atoms in total. The topological polar surface area (TPSA) is 20.2 Å². The van der Waals surface area contributed by atoms with Gasteiger partial charge >= 0.3 is 0 Å². The van der Waals surface area contributed by atoms with Crippen LogP contribution in [0.2, 0.25) is 0 Å². The second-order valence-electron chi connectivity index (χ2n) is 2.70. The molecule has 0 spiro atoms. The average Bonchev–Trinajstić information content (AvgIpc) is 1.89. The zero-order chi connectivity index (χ0) is 7.33. The normalized spacial score (nSPS) is 10.8. The van der Waals surface area contributed by atoms with E-state index in [0.29, 0.717) is 6.61 Å². The van der Waals surface area contributed by atoms with Crippen molar-refractivity contribution in [3.8, 4) is 0 Å². The molecule has 3 heteroatoms. The molecule has 0 atom stereocenters. The standard InChI is InChI=1S/C7H18NO.ClH/c1-4-8(3,5-2)6-7-9;/h9H,4-7H2,1-3H3;1H/q+1;/p-1. The Labute approximate surface area is 69.8 Å². The first-order valence-electron chi connectivity index (χ1n) is 3.63. The average molecular weight is 168 g/mol. The molecule has 0 unspecified atom stereocenters. The van der Waals surface area contributed by atoms with Gasteiger partial charge in [-0.25, -0.2) is 0 Å². The van der Waals surface area contributed by atoms with E-state index < -0.39 is 0 Å². The highest BCUT2D eigenvalue weighted by atomic mass is 35.5. The molecule has 0 saturated carbocycles. The van der Waals surface area contributed by atoms with Crippen molar-refractivity contribution in [3.05, 3.63) is 0 Å². The van der Waals surface area contributed by atoms with Gasteiger partial charge in [0.05, 0.1) is 26.7 Å². The Balaban J connectivity index is 0. The van der Waals surface area contributed by atoms with Crippen molar-refractivity contribution in [2.45, 2.75) is 13.8 Å². The van der Waals surface area contributed by atoms with E-state index >= 15 is 0 Å². The molecule has 0 fully saturated rings. The number of hydrogen-bond donors (Lipinski definition) is 1. The number of rotatable bonds is 4. The molecular formula is C7H18ClNO. The van der Waals surface area contributed by atoms with Gasteiger partial charge in [0.1, 0.15) is 6.54 Å². The zero-order valence-corrected chi connectivity index (χ0v) is 7.86. The van der Waals surface area contributed by atoms with Crippen molar-refractivity contribution in [3.63, 3.8) is 0 Å². The fraction of sp³-hybridized carbons (Fsp3) is 1.00. The van der Waals surface area contributed by atoms with Crippen molar-refractivity contribution < 1.29 is 22.0 Å². The molecular weight excluding hydrogens is 150 g/mol. The largest absolute Gasteiger partial charge is 1.00 e. The zero-order valence-electron chi connectivity index (χ0n) is 7.10. The van der Waals surface area contributed by atoms with Gasteiger partial charge in [-0.1, -0.05) is 0 Å². The summed E-state index contributed by atoms with van der Waals surface area (Å²) in [5.74, 6) is 0. The molecule has 0 aromatic heterocycles. The Morgan fingerprint density at radius 3 is 1.70 bits per heavy atom. The van der Waals surface area contributed by atoms with Gasteiger partial charge in [-0.2, -0.15) is 0 Å². The Morgan fingerprint density at radius 1 is 1.20 bits per heavy atom. The number of aliphatic hydroxyl groups is 1. The van der Waals surface area contributed by atoms with Crippen LogP contribution in [0.3, 0.4) is 0 Å². The molecule has 0 radical (unpaired) electrons. The van der Waals surface area contributed by atoms with Gasteiger partial charge in [0.25, 0.3) is 0 Å². The van der Waals surface area contributed by atoms with Crippen molar-refractivity contribution >= 4 is 0 Å². The first-order chi connectivity index (χ1) is 4.18. The van der Waals surface area contributed by atoms with Gasteiger partial charge < -0.3 is 22.0 Å². The molecule has 1 N–H and O–H groups in total. The number of quaternary nitrogens is 1. The summed E-state index contributed by atoms with van der Waals surface area (Å²) in [6, 6.07) is 0. The fourth-order valence-electron chi connectivity index (χ4n) is 0.781. The van der Waals surface area contributed by atoms with Crippen LogP contribution < -0.4 is 12.4 Å². The minimum absolute atomic E-state index is 0. The summed E-state index contributed by atoms with van der Waals surface area (Å²) in [7, 11) is 2.16. The molecule has 0 aromatic rings. The third-order valence-electron chi connectivity index (χ3n) is 2.17. The van der Waals surface area contributed by atoms with E-state index in [2.05, 4.69) is 20.9 Å². The molecule has 0 aromatic carbocycles. The highest BCUT2D eigenvalue weighted by Crippen LogP contribution is 1.98. The minimum Gasteiger partial charge on any atom is -1.00 e. The third-order valence-corrected chi connectivity index (χ3v) is 2.17. The highest BCUT2D eigenvalue weighted by Gasteiger charge is 2.13. The number of hydrogen-bond acceptors (Lipinski definition) is 1. The van der Waals surface area contributed by atoms with E-state index in [1.807, 2.05) is 0 Å². The Bertz CT molecular complexity index is 74.0. The lowest BCUT2D eigenvalue weighted by Crippen LogP contribution is -3.00. The molecule has 0 aliphatic carbocycles. The number of nitrogens with zero attached hydrogens (tertiary/aromatic N) is 1. The van der Waals surface area contributed by atoms with Crippen LogP contribution in [0.5, 0.6) is 0 Å². The SMILES string of the molecule is CC[N+](C)(CC)CCO.[Cl-]. The second-order valence-corrected chi connectivity index (χ2v) is 2.70. The van der Waals surface area contributed by atoms with E-state index in [1.165, 1.54) is 0 Å². The van der Waals surface area contributed by atoms with Crippen molar-refractivity contribution in [2.75, 3.05) is 33.3 Å². The minimum atomic E-state index is 0. The Hall–Kier alpha value is 0.210. The van der Waals surface area contributed by atoms with Crippen LogP contribution in [0, 0.1) is 0 Å². The molecule has 0 rings (SSSR count). The Kier molecular flexibility index (Phi) is 7.65. The molecule has 0 aliphatic heterocycles. The van der Waals surface area contributed by atoms with Crippen LogP contribution in [0.25, 0.3) is 0 Å². The van der Waals surface area contributed by atoms with Crippen molar-refractivity contribution in [1.82, 2.24) is 0 Å². The number of likely N-dealkylation sites (N-methyl/N-ethyl adjacent to an activating group) is 1. The molecule has 0 heterocycles. The van der Waals surface area contributed by atoms with E-state index in [-0.39, 0.29) is 12.4 Å². The quantitative estimate of drug-likeness (QED) is 0.458. The summed E-state index contributed by atoms with van der Waals surface area (Å²) < 4.78 is 0.983. The maximum absolute atomic E-state index is 8.65. The van der Waals surface area contributed by atoms with Gasteiger partial charge in [0.15, 0.2) is 0 Å². The van der Waals surface area contributed by atoms with E-state index in [0.717, 1.165) is 24.1 Å². The number of aliphatic hydroxyl groups excluding tert-OH is 1. The van der Waals surface area contributed by atoms with Crippen LogP contribution in [-0.4, -0.2) is 42.9 Å². The lowest BCUT2D eigenvalue weighted by atomic mass is 10.4. The summed E-state index contributed by atoms with van der Waals surface area (Å²) in [5, 5.41) is 8.65. The van der Waals surface area contributed by atoms with Gasteiger partial charge in [0, 0.05) is 0 Å². The summed E-state index contributed by atoms with van der Waals surface area (Å²) in [6.07, 6.45) is 0. The van der Waals surface area contributed by atoms with Crippen LogP contribution in [0.15, 0.2) is 0 Å². The highest BCUT2D eigenvalue weighted by molar-refractivity contribution is 4.30. The monoisotopic (exact) mass is 167 g/mol. The summed E-state index contributed by atoms with van der Waals surface area (Å²) >= 11 is 0. The number of halogens is 1. The molecule has 0 aliphatic rings. The van der Waals surface area contributed by atoms with E-state index in [9.17, 15) is 0 Å². The third kappa shape index (κ3) is 4.09. The fourth-order valence-corrected chi connectivity index (χ4v) is 0.781. The smallest absolute Gasteiger partial charge is 0.102 e. The van der Waals surface area contributed by atoms with Gasteiger partial charge in [0.2, 0.25) is 0 Å². The summed E-state index contributed by atoms with van der Waals surface area (Å²) in [4.78, 5) is 0. The maximum Gasteiger partial charge on any atom is 0.102 e. The van der Waals surface area contributed by atoms with Crippen LogP contribution in [-0.2, 0) is 0 Å². The Morgan fingerprint density at radius 2 is 1.60 bits per heavy atom. The van der Waals surface area contributed by atoms with Crippen molar-refractivity contribution in [2.24, 2.45) is 0 Å². The molecule has 64 valence electrons. The van der Waals surface area contributed by atoms with Gasteiger partial charge in [-0.15, -0.1) is 0 Å². The van der Waals surface area contributed by atoms with E-state index in [1.54, 1.807) is 0 Å². The lowest BCUT2D eigenvalue weighted by molar-refractivity contribution is -0.906. The summed E-state index contributed by atoms with van der Waals surface area (Å²) in [5.41, 5.74) is 0. The first kappa shape index (κ1) is 12.8. The molecule has 0 saturated heterocycles. The van der Waals surface area contributed by atoms with Crippen LogP contribution >= 0.6 is 0 Å². The van der Waals surface area contributed by atoms with Crippen LogP contribution in [0.1, 0.15) is 13.8 Å². The second kappa shape index (κ2) is 5.96. The van der Waals surface area contributed by atoms with Gasteiger partial charge in [-0.3, -0.25) is 0 Å². The van der Waals surface area contributed by atoms with Crippen molar-refractivity contribution in [1.29, 1.82) is 0 Å². The molecule has 0 bridgehead atoms. The van der Waals surface area contributed by atoms with E-state index in [4.69, 9.17) is 5.11 Å². The summed E-state index contributed by atoms with van der Waals surface area (Å²) in [6.45, 7) is 7.71. The first-order valence-corrected chi connectivity index (χ1v) is 3.63.